The van der Waals surface area contributed by atoms with E-state index in [9.17, 15) is 0 Å². The fraction of sp³-hybridized carbons (Fsp3) is 0.500. The Morgan fingerprint density at radius 1 is 0.778 bits per heavy atom. The molecule has 0 fully saturated rings. The Balaban J connectivity index is 3.00. The van der Waals surface area contributed by atoms with E-state index in [1.54, 1.807) is 19.2 Å². The van der Waals surface area contributed by atoms with Gasteiger partial charge in [0.1, 0.15) is 5.75 Å². The van der Waals surface area contributed by atoms with E-state index in [1.165, 1.54) is 21.3 Å². The van der Waals surface area contributed by atoms with Crippen LogP contribution >= 0.6 is 0 Å². The van der Waals surface area contributed by atoms with Crippen LogP contribution in [0.2, 0.25) is 0 Å². The molecule has 0 atom stereocenters. The van der Waals surface area contributed by atoms with E-state index in [0.717, 1.165) is 0 Å². The molecule has 0 saturated carbocycles. The summed E-state index contributed by atoms with van der Waals surface area (Å²) >= 11 is 0. The van der Waals surface area contributed by atoms with Crippen LogP contribution < -0.4 is 18.9 Å². The first-order valence-corrected chi connectivity index (χ1v) is 5.26. The SMILES string of the molecule is COCOc1cc(OC)c(OCOC)c(OC)c1. The van der Waals surface area contributed by atoms with Crippen molar-refractivity contribution in [2.75, 3.05) is 42.0 Å². The molecule has 1 rings (SSSR count). The van der Waals surface area contributed by atoms with Crippen molar-refractivity contribution in [1.82, 2.24) is 0 Å². The first-order chi connectivity index (χ1) is 8.76. The maximum atomic E-state index is 5.40. The molecule has 1 aromatic carbocycles. The molecule has 0 heterocycles. The summed E-state index contributed by atoms with van der Waals surface area (Å²) in [5, 5.41) is 0. The minimum Gasteiger partial charge on any atom is -0.493 e. The van der Waals surface area contributed by atoms with Gasteiger partial charge in [-0.05, 0) is 0 Å². The van der Waals surface area contributed by atoms with E-state index in [1.807, 2.05) is 0 Å². The molecule has 6 nitrogen and oxygen atoms in total. The third-order valence-electron chi connectivity index (χ3n) is 2.10. The molecule has 0 aliphatic heterocycles. The molecule has 0 radical (unpaired) electrons. The van der Waals surface area contributed by atoms with Gasteiger partial charge in [0, 0.05) is 26.4 Å². The number of benzene rings is 1. The second-order valence-corrected chi connectivity index (χ2v) is 3.26. The first-order valence-electron chi connectivity index (χ1n) is 5.26. The van der Waals surface area contributed by atoms with Crippen molar-refractivity contribution in [3.05, 3.63) is 12.1 Å². The van der Waals surface area contributed by atoms with E-state index in [0.29, 0.717) is 23.0 Å². The van der Waals surface area contributed by atoms with Gasteiger partial charge in [0.25, 0.3) is 0 Å². The van der Waals surface area contributed by atoms with Crippen LogP contribution in [-0.4, -0.2) is 42.0 Å². The van der Waals surface area contributed by atoms with Gasteiger partial charge in [0.2, 0.25) is 5.75 Å². The third-order valence-corrected chi connectivity index (χ3v) is 2.10. The molecule has 102 valence electrons. The summed E-state index contributed by atoms with van der Waals surface area (Å²) in [7, 11) is 6.16. The summed E-state index contributed by atoms with van der Waals surface area (Å²) in [6, 6.07) is 3.37. The maximum absolute atomic E-state index is 5.40. The molecule has 0 saturated heterocycles. The molecule has 0 bridgehead atoms. The zero-order chi connectivity index (χ0) is 13.4. The van der Waals surface area contributed by atoms with Gasteiger partial charge in [-0.15, -0.1) is 0 Å². The van der Waals surface area contributed by atoms with E-state index in [4.69, 9.17) is 28.4 Å². The molecule has 6 heteroatoms. The average Bonchev–Trinajstić information content (AvgIpc) is 2.42. The summed E-state index contributed by atoms with van der Waals surface area (Å²) in [6.07, 6.45) is 0. The smallest absolute Gasteiger partial charge is 0.206 e. The van der Waals surface area contributed by atoms with E-state index < -0.39 is 0 Å². The number of rotatable bonds is 8. The second kappa shape index (κ2) is 7.62. The molecule has 0 aliphatic carbocycles. The molecular weight excluding hydrogens is 240 g/mol. The maximum Gasteiger partial charge on any atom is 0.206 e. The zero-order valence-corrected chi connectivity index (χ0v) is 11.0. The van der Waals surface area contributed by atoms with Crippen molar-refractivity contribution >= 4 is 0 Å². The lowest BCUT2D eigenvalue weighted by Gasteiger charge is -2.15. The third kappa shape index (κ3) is 3.68. The largest absolute Gasteiger partial charge is 0.493 e. The minimum atomic E-state index is 0.102. The highest BCUT2D eigenvalue weighted by atomic mass is 16.7. The fourth-order valence-electron chi connectivity index (χ4n) is 1.33. The average molecular weight is 258 g/mol. The predicted octanol–water partition coefficient (Wildman–Crippen LogP) is 1.67. The Hall–Kier alpha value is -1.66. The Bertz CT molecular complexity index is 341. The van der Waals surface area contributed by atoms with Crippen LogP contribution in [0.5, 0.6) is 23.0 Å². The minimum absolute atomic E-state index is 0.102. The first kappa shape index (κ1) is 14.4. The van der Waals surface area contributed by atoms with Gasteiger partial charge >= 0.3 is 0 Å². The summed E-state index contributed by atoms with van der Waals surface area (Å²) in [5.74, 6) is 2.02. The van der Waals surface area contributed by atoms with Gasteiger partial charge < -0.3 is 28.4 Å². The topological polar surface area (TPSA) is 55.4 Å². The number of methoxy groups -OCH3 is 4. The molecule has 1 aromatic rings. The molecule has 0 aromatic heterocycles. The zero-order valence-electron chi connectivity index (χ0n) is 11.0. The summed E-state index contributed by atoms with van der Waals surface area (Å²) in [4.78, 5) is 0. The van der Waals surface area contributed by atoms with Crippen LogP contribution in [0.15, 0.2) is 12.1 Å². The summed E-state index contributed by atoms with van der Waals surface area (Å²) < 4.78 is 30.9. The Morgan fingerprint density at radius 2 is 1.28 bits per heavy atom. The van der Waals surface area contributed by atoms with Crippen LogP contribution in [0.1, 0.15) is 0 Å². The highest BCUT2D eigenvalue weighted by Gasteiger charge is 2.14. The summed E-state index contributed by atoms with van der Waals surface area (Å²) in [5.41, 5.74) is 0. The van der Waals surface area contributed by atoms with E-state index in [2.05, 4.69) is 0 Å². The van der Waals surface area contributed by atoms with Crippen molar-refractivity contribution in [3.63, 3.8) is 0 Å². The predicted molar refractivity (Wildman–Crippen MR) is 64.6 cm³/mol. The second-order valence-electron chi connectivity index (χ2n) is 3.26. The van der Waals surface area contributed by atoms with Crippen molar-refractivity contribution in [1.29, 1.82) is 0 Å². The molecule has 0 spiro atoms. The van der Waals surface area contributed by atoms with Crippen LogP contribution in [-0.2, 0) is 9.47 Å². The molecule has 18 heavy (non-hydrogen) atoms. The van der Waals surface area contributed by atoms with Crippen LogP contribution in [0.4, 0.5) is 0 Å². The fourth-order valence-corrected chi connectivity index (χ4v) is 1.33. The lowest BCUT2D eigenvalue weighted by atomic mass is 10.2. The Kier molecular flexibility index (Phi) is 6.10. The Morgan fingerprint density at radius 3 is 1.72 bits per heavy atom. The van der Waals surface area contributed by atoms with Crippen LogP contribution in [0.3, 0.4) is 0 Å². The van der Waals surface area contributed by atoms with Gasteiger partial charge in [0.05, 0.1) is 14.2 Å². The van der Waals surface area contributed by atoms with Gasteiger partial charge in [0.15, 0.2) is 25.1 Å². The quantitative estimate of drug-likeness (QED) is 0.661. The van der Waals surface area contributed by atoms with Crippen LogP contribution in [0, 0.1) is 0 Å². The molecular formula is C12H18O6. The van der Waals surface area contributed by atoms with Gasteiger partial charge in [-0.3, -0.25) is 0 Å². The van der Waals surface area contributed by atoms with Crippen molar-refractivity contribution in [2.45, 2.75) is 0 Å². The lowest BCUT2D eigenvalue weighted by Crippen LogP contribution is -2.04. The van der Waals surface area contributed by atoms with E-state index >= 15 is 0 Å². The number of hydrogen-bond acceptors (Lipinski definition) is 6. The highest BCUT2D eigenvalue weighted by Crippen LogP contribution is 2.41. The number of ether oxygens (including phenoxy) is 6. The highest BCUT2D eigenvalue weighted by molar-refractivity contribution is 5.55. The van der Waals surface area contributed by atoms with Crippen molar-refractivity contribution < 1.29 is 28.4 Å². The van der Waals surface area contributed by atoms with Gasteiger partial charge in [-0.25, -0.2) is 0 Å². The normalized spacial score (nSPS) is 10.0. The molecule has 0 amide bonds. The summed E-state index contributed by atoms with van der Waals surface area (Å²) in [6.45, 7) is 0.246. The Labute approximate surface area is 106 Å². The van der Waals surface area contributed by atoms with Crippen molar-refractivity contribution in [3.8, 4) is 23.0 Å². The molecule has 0 aliphatic rings. The standard InChI is InChI=1S/C12H18O6/c1-13-7-17-9-5-10(15-3)12(18-8-14-2)11(6-9)16-4/h5-6H,7-8H2,1-4H3. The monoisotopic (exact) mass is 258 g/mol. The van der Waals surface area contributed by atoms with E-state index in [-0.39, 0.29) is 13.6 Å². The lowest BCUT2D eigenvalue weighted by molar-refractivity contribution is 0.0447. The number of hydrogen-bond donors (Lipinski definition) is 0. The molecule has 0 unspecified atom stereocenters. The molecule has 0 N–H and O–H groups in total. The van der Waals surface area contributed by atoms with Crippen LogP contribution in [0.25, 0.3) is 0 Å². The van der Waals surface area contributed by atoms with Gasteiger partial charge in [-0.1, -0.05) is 0 Å². The van der Waals surface area contributed by atoms with Crippen molar-refractivity contribution in [2.24, 2.45) is 0 Å². The van der Waals surface area contributed by atoms with Gasteiger partial charge in [-0.2, -0.15) is 0 Å².